The monoisotopic (exact) mass is 450 g/mol. The van der Waals surface area contributed by atoms with Crippen molar-refractivity contribution in [1.82, 2.24) is 4.98 Å². The molecule has 10 heteroatoms. The van der Waals surface area contributed by atoms with Crippen molar-refractivity contribution < 1.29 is 33.6 Å². The molecule has 0 spiro atoms. The summed E-state index contributed by atoms with van der Waals surface area (Å²) in [4.78, 5) is 27.8. The third-order valence-electron chi connectivity index (χ3n) is 3.59. The lowest BCUT2D eigenvalue weighted by atomic mass is 10.1. The number of halogens is 5. The number of esters is 2. The van der Waals surface area contributed by atoms with Crippen LogP contribution in [-0.4, -0.2) is 29.6 Å². The molecule has 0 bridgehead atoms. The minimum absolute atomic E-state index is 0.00413. The van der Waals surface area contributed by atoms with Crippen molar-refractivity contribution in [3.05, 3.63) is 51.6 Å². The Kier molecular flexibility index (Phi) is 6.97. The number of benzene rings is 1. The summed E-state index contributed by atoms with van der Waals surface area (Å²) >= 11 is 12.0. The van der Waals surface area contributed by atoms with Gasteiger partial charge in [0, 0.05) is 11.8 Å². The maximum absolute atomic E-state index is 12.8. The van der Waals surface area contributed by atoms with Crippen LogP contribution in [0, 0.1) is 0 Å². The SMILES string of the molecule is [2H][C@](C)(CC(=O)OCC)OC(=O)c1cc(-c2ncc(C(F)(F)F)cc2Cl)ccc1Cl. The van der Waals surface area contributed by atoms with Crippen LogP contribution in [0.4, 0.5) is 13.2 Å². The number of carbonyl (C=O) groups is 2. The van der Waals surface area contributed by atoms with E-state index in [2.05, 4.69) is 4.98 Å². The third-order valence-corrected chi connectivity index (χ3v) is 4.21. The molecule has 0 N–H and O–H groups in total. The number of carbonyl (C=O) groups excluding carboxylic acids is 2. The predicted molar refractivity (Wildman–Crippen MR) is 101 cm³/mol. The Hall–Kier alpha value is -2.32. The van der Waals surface area contributed by atoms with Crippen molar-refractivity contribution in [3.8, 4) is 11.3 Å². The molecule has 1 aromatic carbocycles. The lowest BCUT2D eigenvalue weighted by molar-refractivity contribution is -0.145. The standard InChI is InChI=1S/C19H16Cl2F3NO4/c1-3-28-16(26)6-10(2)29-18(27)13-7-11(4-5-14(13)20)17-15(21)8-12(9-25-17)19(22,23)24/h4-5,7-10H,3,6H2,1-2H3/t10-/m0/s1/i10D. The van der Waals surface area contributed by atoms with Gasteiger partial charge < -0.3 is 9.47 Å². The molecule has 29 heavy (non-hydrogen) atoms. The Morgan fingerprint density at radius 3 is 2.52 bits per heavy atom. The molecule has 0 aliphatic carbocycles. The van der Waals surface area contributed by atoms with Crippen LogP contribution in [0.2, 0.25) is 10.0 Å². The summed E-state index contributed by atoms with van der Waals surface area (Å²) in [5.74, 6) is -1.73. The second-order valence-electron chi connectivity index (χ2n) is 5.82. The molecule has 0 amide bonds. The van der Waals surface area contributed by atoms with Gasteiger partial charge in [0.05, 0.1) is 41.3 Å². The van der Waals surface area contributed by atoms with Gasteiger partial charge >= 0.3 is 18.1 Å². The van der Waals surface area contributed by atoms with Gasteiger partial charge in [0.2, 0.25) is 0 Å². The maximum atomic E-state index is 12.8. The molecule has 1 atom stereocenters. The van der Waals surface area contributed by atoms with Crippen LogP contribution in [0.3, 0.4) is 0 Å². The molecule has 0 saturated heterocycles. The molecule has 156 valence electrons. The first kappa shape index (κ1) is 21.4. The van der Waals surface area contributed by atoms with Gasteiger partial charge in [-0.1, -0.05) is 29.3 Å². The summed E-state index contributed by atoms with van der Waals surface area (Å²) < 4.78 is 56.2. The highest BCUT2D eigenvalue weighted by atomic mass is 35.5. The van der Waals surface area contributed by atoms with Crippen molar-refractivity contribution >= 4 is 35.1 Å². The quantitative estimate of drug-likeness (QED) is 0.538. The van der Waals surface area contributed by atoms with Crippen molar-refractivity contribution in [1.29, 1.82) is 0 Å². The summed E-state index contributed by atoms with van der Waals surface area (Å²) in [5, 5.41) is -0.308. The minimum Gasteiger partial charge on any atom is -0.466 e. The smallest absolute Gasteiger partial charge is 0.417 e. The molecule has 5 nitrogen and oxygen atoms in total. The first-order chi connectivity index (χ1) is 13.8. The van der Waals surface area contributed by atoms with Crippen LogP contribution in [0.1, 0.15) is 37.6 Å². The van der Waals surface area contributed by atoms with Crippen LogP contribution in [0.25, 0.3) is 11.3 Å². The van der Waals surface area contributed by atoms with E-state index in [1.807, 2.05) is 0 Å². The van der Waals surface area contributed by atoms with E-state index in [1.165, 1.54) is 25.1 Å². The fraction of sp³-hybridized carbons (Fsp3) is 0.316. The first-order valence-electron chi connectivity index (χ1n) is 8.75. The van der Waals surface area contributed by atoms with Gasteiger partial charge in [0.15, 0.2) is 0 Å². The van der Waals surface area contributed by atoms with Crippen molar-refractivity contribution in [2.45, 2.75) is 32.5 Å². The molecule has 0 fully saturated rings. The largest absolute Gasteiger partial charge is 0.466 e. The zero-order valence-electron chi connectivity index (χ0n) is 16.3. The Morgan fingerprint density at radius 2 is 1.93 bits per heavy atom. The van der Waals surface area contributed by atoms with E-state index in [9.17, 15) is 22.8 Å². The van der Waals surface area contributed by atoms with Crippen LogP contribution in [0.5, 0.6) is 0 Å². The maximum Gasteiger partial charge on any atom is 0.417 e. The molecule has 2 aromatic rings. The summed E-state index contributed by atoms with van der Waals surface area (Å²) in [6.45, 7) is 2.91. The topological polar surface area (TPSA) is 65.5 Å². The Bertz CT molecular complexity index is 967. The van der Waals surface area contributed by atoms with Crippen molar-refractivity contribution in [3.63, 3.8) is 0 Å². The van der Waals surface area contributed by atoms with E-state index in [1.54, 1.807) is 6.92 Å². The number of hydrogen-bond acceptors (Lipinski definition) is 5. The second-order valence-corrected chi connectivity index (χ2v) is 6.63. The fourth-order valence-corrected chi connectivity index (χ4v) is 2.77. The van der Waals surface area contributed by atoms with Crippen LogP contribution >= 0.6 is 23.2 Å². The minimum atomic E-state index is -4.61. The molecular weight excluding hydrogens is 434 g/mol. The zero-order valence-corrected chi connectivity index (χ0v) is 16.8. The third kappa shape index (κ3) is 6.08. The Balaban J connectivity index is 2.31. The molecule has 1 aromatic heterocycles. The number of nitrogens with zero attached hydrogens (tertiary/aromatic N) is 1. The fourth-order valence-electron chi connectivity index (χ4n) is 2.30. The molecule has 0 saturated carbocycles. The molecule has 1 heterocycles. The van der Waals surface area contributed by atoms with Crippen molar-refractivity contribution in [2.24, 2.45) is 0 Å². The van der Waals surface area contributed by atoms with Gasteiger partial charge in [-0.3, -0.25) is 9.78 Å². The van der Waals surface area contributed by atoms with E-state index >= 15 is 0 Å². The van der Waals surface area contributed by atoms with Crippen molar-refractivity contribution in [2.75, 3.05) is 6.61 Å². The van der Waals surface area contributed by atoms with Crippen LogP contribution in [0.15, 0.2) is 30.5 Å². The predicted octanol–water partition coefficient (Wildman–Crippen LogP) is 5.57. The summed E-state index contributed by atoms with van der Waals surface area (Å²) in [6, 6.07) is 4.68. The van der Waals surface area contributed by atoms with E-state index in [0.717, 1.165) is 6.07 Å². The van der Waals surface area contributed by atoms with Crippen LogP contribution < -0.4 is 0 Å². The number of alkyl halides is 3. The Labute approximate surface area is 176 Å². The van der Waals surface area contributed by atoms with E-state index in [-0.39, 0.29) is 33.5 Å². The van der Waals surface area contributed by atoms with Gasteiger partial charge in [-0.2, -0.15) is 13.2 Å². The van der Waals surface area contributed by atoms with Gasteiger partial charge in [0.1, 0.15) is 6.08 Å². The second kappa shape index (κ2) is 9.45. The lowest BCUT2D eigenvalue weighted by Crippen LogP contribution is -2.20. The first-order valence-corrected chi connectivity index (χ1v) is 9.01. The summed E-state index contributed by atoms with van der Waals surface area (Å²) in [5.41, 5.74) is -0.985. The van der Waals surface area contributed by atoms with Gasteiger partial charge in [-0.25, -0.2) is 4.79 Å². The molecule has 0 radical (unpaired) electrons. The van der Waals surface area contributed by atoms with Gasteiger partial charge in [-0.15, -0.1) is 0 Å². The molecule has 0 aliphatic heterocycles. The number of ether oxygens (including phenoxy) is 2. The Morgan fingerprint density at radius 1 is 1.24 bits per heavy atom. The molecule has 2 rings (SSSR count). The lowest BCUT2D eigenvalue weighted by Gasteiger charge is -2.14. The molecular formula is C19H16Cl2F3NO4. The van der Waals surface area contributed by atoms with E-state index in [4.69, 9.17) is 34.0 Å². The normalized spacial score (nSPS) is 14.0. The summed E-state index contributed by atoms with van der Waals surface area (Å²) in [7, 11) is 0. The number of hydrogen-bond donors (Lipinski definition) is 0. The highest BCUT2D eigenvalue weighted by Crippen LogP contribution is 2.35. The zero-order chi connectivity index (χ0) is 22.7. The number of rotatable bonds is 6. The van der Waals surface area contributed by atoms with Crippen LogP contribution in [-0.2, 0) is 20.4 Å². The average Bonchev–Trinajstić information content (AvgIpc) is 2.60. The highest BCUT2D eigenvalue weighted by molar-refractivity contribution is 6.34. The number of aromatic nitrogens is 1. The van der Waals surface area contributed by atoms with Gasteiger partial charge in [-0.05, 0) is 32.0 Å². The molecule has 0 unspecified atom stereocenters. The summed E-state index contributed by atoms with van der Waals surface area (Å²) in [6.07, 6.45) is -6.42. The average molecular weight is 451 g/mol. The van der Waals surface area contributed by atoms with Gasteiger partial charge in [0.25, 0.3) is 0 Å². The number of pyridine rings is 1. The highest BCUT2D eigenvalue weighted by Gasteiger charge is 2.31. The van der Waals surface area contributed by atoms with E-state index < -0.39 is 36.2 Å². The van der Waals surface area contributed by atoms with E-state index in [0.29, 0.717) is 6.20 Å². The molecule has 0 aliphatic rings.